The molecule has 3 aromatic rings. The van der Waals surface area contributed by atoms with Crippen molar-refractivity contribution < 1.29 is 13.9 Å². The minimum absolute atomic E-state index is 0.162. The summed E-state index contributed by atoms with van der Waals surface area (Å²) in [5.41, 5.74) is 4.14. The van der Waals surface area contributed by atoms with Gasteiger partial charge < -0.3 is 10.1 Å². The Hall–Kier alpha value is -3.06. The van der Waals surface area contributed by atoms with Crippen LogP contribution in [0, 0.1) is 19.7 Å². The average Bonchev–Trinajstić information content (AvgIpc) is 3.00. The van der Waals surface area contributed by atoms with Crippen LogP contribution in [0.5, 0.6) is 0 Å². The first-order chi connectivity index (χ1) is 12.5. The van der Waals surface area contributed by atoms with Crippen LogP contribution in [0.2, 0.25) is 0 Å². The number of rotatable bonds is 5. The van der Waals surface area contributed by atoms with Crippen molar-refractivity contribution in [1.82, 2.24) is 15.0 Å². The molecule has 6 nitrogen and oxygen atoms in total. The van der Waals surface area contributed by atoms with E-state index in [0.29, 0.717) is 11.4 Å². The molecule has 0 radical (unpaired) electrons. The number of nitrogens with zero attached hydrogens (tertiary/aromatic N) is 3. The quantitative estimate of drug-likeness (QED) is 0.762. The lowest BCUT2D eigenvalue weighted by molar-refractivity contribution is 0.101. The molecule has 0 bridgehead atoms. The first-order valence-electron chi connectivity index (χ1n) is 8.07. The van der Waals surface area contributed by atoms with Crippen LogP contribution >= 0.6 is 0 Å². The molecular weight excluding hydrogens is 335 g/mol. The molecule has 0 unspecified atom stereocenters. The predicted molar refractivity (Wildman–Crippen MR) is 95.9 cm³/mol. The third-order valence-electron chi connectivity index (χ3n) is 3.81. The molecule has 1 N–H and O–H groups in total. The van der Waals surface area contributed by atoms with Crippen molar-refractivity contribution in [2.24, 2.45) is 0 Å². The Morgan fingerprint density at radius 1 is 1.15 bits per heavy atom. The van der Waals surface area contributed by atoms with Gasteiger partial charge in [-0.15, -0.1) is 5.10 Å². The monoisotopic (exact) mass is 354 g/mol. The van der Waals surface area contributed by atoms with Crippen molar-refractivity contribution in [2.45, 2.75) is 20.5 Å². The number of ether oxygens (including phenoxy) is 1. The van der Waals surface area contributed by atoms with Crippen molar-refractivity contribution >= 4 is 11.6 Å². The zero-order chi connectivity index (χ0) is 18.7. The van der Waals surface area contributed by atoms with Gasteiger partial charge in [0.2, 0.25) is 0 Å². The van der Waals surface area contributed by atoms with Crippen molar-refractivity contribution in [2.75, 3.05) is 12.4 Å². The summed E-state index contributed by atoms with van der Waals surface area (Å²) in [6.07, 6.45) is 0. The molecule has 0 aliphatic carbocycles. The smallest absolute Gasteiger partial charge is 0.278 e. The first-order valence-corrected chi connectivity index (χ1v) is 8.07. The highest BCUT2D eigenvalue weighted by molar-refractivity contribution is 6.03. The van der Waals surface area contributed by atoms with Crippen LogP contribution in [0.15, 0.2) is 42.5 Å². The Morgan fingerprint density at radius 3 is 2.42 bits per heavy atom. The lowest BCUT2D eigenvalue weighted by Crippen LogP contribution is -2.16. The van der Waals surface area contributed by atoms with Crippen molar-refractivity contribution in [3.63, 3.8) is 0 Å². The molecule has 7 heteroatoms. The van der Waals surface area contributed by atoms with Gasteiger partial charge >= 0.3 is 0 Å². The maximum absolute atomic E-state index is 13.0. The van der Waals surface area contributed by atoms with Crippen molar-refractivity contribution in [3.8, 4) is 5.69 Å². The summed E-state index contributed by atoms with van der Waals surface area (Å²) < 4.78 is 19.8. The molecule has 1 heterocycles. The average molecular weight is 354 g/mol. The molecule has 1 amide bonds. The molecule has 0 aliphatic heterocycles. The zero-order valence-electron chi connectivity index (χ0n) is 14.8. The number of amides is 1. The third kappa shape index (κ3) is 3.78. The highest BCUT2D eigenvalue weighted by atomic mass is 19.1. The van der Waals surface area contributed by atoms with E-state index in [1.165, 1.54) is 24.3 Å². The van der Waals surface area contributed by atoms with Gasteiger partial charge in [0.1, 0.15) is 11.5 Å². The van der Waals surface area contributed by atoms with E-state index < -0.39 is 5.91 Å². The molecule has 134 valence electrons. The number of hydrogen-bond acceptors (Lipinski definition) is 4. The van der Waals surface area contributed by atoms with Gasteiger partial charge in [-0.25, -0.2) is 9.07 Å². The van der Waals surface area contributed by atoms with Crippen molar-refractivity contribution in [1.29, 1.82) is 0 Å². The van der Waals surface area contributed by atoms with Gasteiger partial charge in [-0.05, 0) is 61.4 Å². The van der Waals surface area contributed by atoms with Crippen LogP contribution in [0.4, 0.5) is 10.1 Å². The lowest BCUT2D eigenvalue weighted by atomic mass is 10.1. The van der Waals surface area contributed by atoms with Crippen LogP contribution in [0.1, 0.15) is 27.3 Å². The lowest BCUT2D eigenvalue weighted by Gasteiger charge is -2.09. The summed E-state index contributed by atoms with van der Waals surface area (Å²) in [6, 6.07) is 11.5. The van der Waals surface area contributed by atoms with Crippen LogP contribution in [0.3, 0.4) is 0 Å². The molecule has 0 saturated heterocycles. The number of benzene rings is 2. The Balaban J connectivity index is 1.96. The van der Waals surface area contributed by atoms with Gasteiger partial charge in [-0.2, -0.15) is 0 Å². The van der Waals surface area contributed by atoms with Crippen LogP contribution in [0.25, 0.3) is 5.69 Å². The number of methoxy groups -OCH3 is 1. The van der Waals surface area contributed by atoms with E-state index in [1.54, 1.807) is 11.8 Å². The van der Waals surface area contributed by atoms with Gasteiger partial charge in [-0.3, -0.25) is 4.79 Å². The number of anilines is 1. The van der Waals surface area contributed by atoms with E-state index in [9.17, 15) is 9.18 Å². The van der Waals surface area contributed by atoms with Crippen LogP contribution in [-0.2, 0) is 11.3 Å². The summed E-state index contributed by atoms with van der Waals surface area (Å²) in [5.74, 6) is -0.803. The van der Waals surface area contributed by atoms with Gasteiger partial charge in [0.15, 0.2) is 5.69 Å². The summed E-state index contributed by atoms with van der Waals surface area (Å²) >= 11 is 0. The highest BCUT2D eigenvalue weighted by Gasteiger charge is 2.21. The van der Waals surface area contributed by atoms with Gasteiger partial charge in [0.05, 0.1) is 12.3 Å². The second kappa shape index (κ2) is 7.45. The van der Waals surface area contributed by atoms with E-state index in [1.807, 2.05) is 26.0 Å². The van der Waals surface area contributed by atoms with Gasteiger partial charge in [0.25, 0.3) is 5.91 Å². The summed E-state index contributed by atoms with van der Waals surface area (Å²) in [6.45, 7) is 4.16. The second-order valence-electron chi connectivity index (χ2n) is 6.04. The molecule has 0 aliphatic rings. The highest BCUT2D eigenvalue weighted by Crippen LogP contribution is 2.18. The summed E-state index contributed by atoms with van der Waals surface area (Å²) in [4.78, 5) is 12.6. The topological polar surface area (TPSA) is 69.0 Å². The minimum atomic E-state index is -0.431. The van der Waals surface area contributed by atoms with E-state index in [2.05, 4.69) is 21.7 Å². The number of halogens is 1. The molecule has 0 fully saturated rings. The molecule has 2 aromatic carbocycles. The minimum Gasteiger partial charge on any atom is -0.378 e. The Bertz CT molecular complexity index is 915. The molecule has 1 aromatic heterocycles. The Morgan fingerprint density at radius 2 is 1.81 bits per heavy atom. The molecule has 26 heavy (non-hydrogen) atoms. The predicted octanol–water partition coefficient (Wildman–Crippen LogP) is 3.42. The number of aryl methyl sites for hydroxylation is 2. The number of carbonyl (C=O) groups is 1. The molecule has 0 spiro atoms. The molecule has 3 rings (SSSR count). The SMILES string of the molecule is COCc1c(C(=O)Nc2ccc(F)cc2)nnn1-c1cc(C)cc(C)c1. The van der Waals surface area contributed by atoms with E-state index in [4.69, 9.17) is 4.74 Å². The normalized spacial score (nSPS) is 10.8. The van der Waals surface area contributed by atoms with Crippen molar-refractivity contribution in [3.05, 3.63) is 70.8 Å². The summed E-state index contributed by atoms with van der Waals surface area (Å²) in [5, 5.41) is 10.9. The number of carbonyl (C=O) groups excluding carboxylic acids is 1. The Kier molecular flexibility index (Phi) is 5.09. The van der Waals surface area contributed by atoms with Crippen LogP contribution < -0.4 is 5.32 Å². The molecular formula is C19H19FN4O2. The van der Waals surface area contributed by atoms with E-state index in [0.717, 1.165) is 16.8 Å². The van der Waals surface area contributed by atoms with E-state index in [-0.39, 0.29) is 18.1 Å². The third-order valence-corrected chi connectivity index (χ3v) is 3.81. The fourth-order valence-corrected chi connectivity index (χ4v) is 2.75. The Labute approximate surface area is 150 Å². The molecule has 0 atom stereocenters. The number of hydrogen-bond donors (Lipinski definition) is 1. The van der Waals surface area contributed by atoms with E-state index >= 15 is 0 Å². The zero-order valence-corrected chi connectivity index (χ0v) is 14.8. The second-order valence-corrected chi connectivity index (χ2v) is 6.04. The maximum Gasteiger partial charge on any atom is 0.278 e. The number of aromatic nitrogens is 3. The van der Waals surface area contributed by atoms with Gasteiger partial charge in [0, 0.05) is 12.8 Å². The fourth-order valence-electron chi connectivity index (χ4n) is 2.75. The maximum atomic E-state index is 13.0. The summed E-state index contributed by atoms with van der Waals surface area (Å²) in [7, 11) is 1.54. The largest absolute Gasteiger partial charge is 0.378 e. The fraction of sp³-hybridized carbons (Fsp3) is 0.211. The number of nitrogens with one attached hydrogen (secondary N) is 1. The standard InChI is InChI=1S/C19H19FN4O2/c1-12-8-13(2)10-16(9-12)24-17(11-26-3)18(22-23-24)19(25)21-15-6-4-14(20)5-7-15/h4-10H,11H2,1-3H3,(H,21,25). The molecule has 0 saturated carbocycles. The van der Waals surface area contributed by atoms with Crippen LogP contribution in [-0.4, -0.2) is 28.0 Å². The first kappa shape index (κ1) is 17.8. The van der Waals surface area contributed by atoms with Gasteiger partial charge in [-0.1, -0.05) is 11.3 Å².